The maximum Gasteiger partial charge on any atom is 0.340 e. The number of rotatable bonds is 5. The maximum atomic E-state index is 11.6. The first kappa shape index (κ1) is 13.2. The summed E-state index contributed by atoms with van der Waals surface area (Å²) in [4.78, 5) is 11.6. The van der Waals surface area contributed by atoms with Gasteiger partial charge in [0.2, 0.25) is 0 Å². The SMILES string of the molecule is CCSCCOC(=O)c1cc(Cl)ccc1N. The van der Waals surface area contributed by atoms with Crippen LogP contribution in [0.4, 0.5) is 5.69 Å². The van der Waals surface area contributed by atoms with E-state index in [1.54, 1.807) is 23.9 Å². The molecule has 3 nitrogen and oxygen atoms in total. The number of hydrogen-bond donors (Lipinski definition) is 1. The molecule has 0 saturated heterocycles. The highest BCUT2D eigenvalue weighted by Gasteiger charge is 2.11. The monoisotopic (exact) mass is 259 g/mol. The van der Waals surface area contributed by atoms with Gasteiger partial charge in [0.25, 0.3) is 0 Å². The van der Waals surface area contributed by atoms with Crippen LogP contribution in [0, 0.1) is 0 Å². The second kappa shape index (κ2) is 6.66. The lowest BCUT2D eigenvalue weighted by molar-refractivity contribution is 0.0531. The quantitative estimate of drug-likeness (QED) is 0.502. The highest BCUT2D eigenvalue weighted by molar-refractivity contribution is 7.99. The minimum absolute atomic E-state index is 0.328. The van der Waals surface area contributed by atoms with Crippen molar-refractivity contribution in [3.63, 3.8) is 0 Å². The molecule has 0 fully saturated rings. The number of anilines is 1. The minimum atomic E-state index is -0.420. The van der Waals surface area contributed by atoms with Crippen LogP contribution in [0.15, 0.2) is 18.2 Å². The number of thioether (sulfide) groups is 1. The summed E-state index contributed by atoms with van der Waals surface area (Å²) in [6.45, 7) is 2.45. The van der Waals surface area contributed by atoms with Crippen molar-refractivity contribution >= 4 is 35.0 Å². The van der Waals surface area contributed by atoms with Crippen molar-refractivity contribution < 1.29 is 9.53 Å². The topological polar surface area (TPSA) is 52.3 Å². The second-order valence-electron chi connectivity index (χ2n) is 3.06. The van der Waals surface area contributed by atoms with Crippen LogP contribution in [0.3, 0.4) is 0 Å². The van der Waals surface area contributed by atoms with Gasteiger partial charge in [-0.25, -0.2) is 4.79 Å². The predicted octanol–water partition coefficient (Wildman–Crippen LogP) is 2.83. The standard InChI is InChI=1S/C11H14ClNO2S/c1-2-16-6-5-15-11(14)9-7-8(12)3-4-10(9)13/h3-4,7H,2,5-6,13H2,1H3. The molecular weight excluding hydrogens is 246 g/mol. The predicted molar refractivity (Wildman–Crippen MR) is 69.1 cm³/mol. The third kappa shape index (κ3) is 3.94. The smallest absolute Gasteiger partial charge is 0.340 e. The number of halogens is 1. The van der Waals surface area contributed by atoms with E-state index in [1.807, 2.05) is 0 Å². The molecule has 2 N–H and O–H groups in total. The van der Waals surface area contributed by atoms with E-state index in [1.165, 1.54) is 6.07 Å². The fourth-order valence-corrected chi connectivity index (χ4v) is 1.78. The first-order chi connectivity index (χ1) is 7.65. The summed E-state index contributed by atoms with van der Waals surface area (Å²) >= 11 is 7.50. The molecule has 0 amide bonds. The number of nitrogens with two attached hydrogens (primary N) is 1. The van der Waals surface area contributed by atoms with Gasteiger partial charge in [-0.1, -0.05) is 18.5 Å². The Hall–Kier alpha value is -0.870. The Morgan fingerprint density at radius 2 is 2.31 bits per heavy atom. The normalized spacial score (nSPS) is 10.1. The summed E-state index contributed by atoms with van der Waals surface area (Å²) in [5.74, 6) is 1.39. The summed E-state index contributed by atoms with van der Waals surface area (Å²) in [5, 5.41) is 0.476. The highest BCUT2D eigenvalue weighted by Crippen LogP contribution is 2.18. The van der Waals surface area contributed by atoms with Gasteiger partial charge >= 0.3 is 5.97 Å². The number of ether oxygens (including phenoxy) is 1. The van der Waals surface area contributed by atoms with Gasteiger partial charge < -0.3 is 10.5 Å². The van der Waals surface area contributed by atoms with Crippen LogP contribution in [0.2, 0.25) is 5.02 Å². The van der Waals surface area contributed by atoms with Crippen LogP contribution in [0.1, 0.15) is 17.3 Å². The summed E-state index contributed by atoms with van der Waals surface area (Å²) in [7, 11) is 0. The van der Waals surface area contributed by atoms with E-state index in [4.69, 9.17) is 22.1 Å². The number of esters is 1. The molecule has 0 saturated carbocycles. The fourth-order valence-electron chi connectivity index (χ4n) is 1.12. The molecule has 1 aromatic rings. The number of nitrogen functional groups attached to an aromatic ring is 1. The van der Waals surface area contributed by atoms with Crippen molar-refractivity contribution in [2.45, 2.75) is 6.92 Å². The third-order valence-corrected chi connectivity index (χ3v) is 3.00. The molecule has 1 rings (SSSR count). The van der Waals surface area contributed by atoms with E-state index < -0.39 is 5.97 Å². The lowest BCUT2D eigenvalue weighted by Gasteiger charge is -2.06. The molecule has 1 aromatic carbocycles. The van der Waals surface area contributed by atoms with Crippen molar-refractivity contribution in [1.29, 1.82) is 0 Å². The number of carbonyl (C=O) groups is 1. The van der Waals surface area contributed by atoms with Gasteiger partial charge in [0.05, 0.1) is 5.56 Å². The van der Waals surface area contributed by atoms with Gasteiger partial charge in [0.1, 0.15) is 6.61 Å². The fraction of sp³-hybridized carbons (Fsp3) is 0.364. The summed E-state index contributed by atoms with van der Waals surface area (Å²) in [6.07, 6.45) is 0. The van der Waals surface area contributed by atoms with Crippen LogP contribution < -0.4 is 5.73 Å². The van der Waals surface area contributed by atoms with Crippen molar-refractivity contribution in [2.75, 3.05) is 23.8 Å². The van der Waals surface area contributed by atoms with Crippen molar-refractivity contribution in [1.82, 2.24) is 0 Å². The van der Waals surface area contributed by atoms with Gasteiger partial charge in [-0.2, -0.15) is 11.8 Å². The van der Waals surface area contributed by atoms with E-state index in [-0.39, 0.29) is 0 Å². The molecule has 0 atom stereocenters. The molecule has 16 heavy (non-hydrogen) atoms. The molecule has 5 heteroatoms. The number of hydrogen-bond acceptors (Lipinski definition) is 4. The molecule has 0 heterocycles. The summed E-state index contributed by atoms with van der Waals surface area (Å²) in [5.41, 5.74) is 6.37. The van der Waals surface area contributed by atoms with Gasteiger partial charge in [0, 0.05) is 16.5 Å². The average molecular weight is 260 g/mol. The lowest BCUT2D eigenvalue weighted by Crippen LogP contribution is -2.10. The Morgan fingerprint density at radius 3 is 3.00 bits per heavy atom. The van der Waals surface area contributed by atoms with Gasteiger partial charge in [-0.3, -0.25) is 0 Å². The molecule has 0 spiro atoms. The van der Waals surface area contributed by atoms with E-state index in [9.17, 15) is 4.79 Å². The average Bonchev–Trinajstić information content (AvgIpc) is 2.27. The number of carbonyl (C=O) groups excluding carboxylic acids is 1. The molecule has 0 aliphatic carbocycles. The van der Waals surface area contributed by atoms with Crippen molar-refractivity contribution in [2.24, 2.45) is 0 Å². The Labute approximate surface area is 104 Å². The zero-order valence-corrected chi connectivity index (χ0v) is 10.6. The van der Waals surface area contributed by atoms with Gasteiger partial charge in [-0.05, 0) is 24.0 Å². The Balaban J connectivity index is 2.55. The molecule has 88 valence electrons. The molecule has 0 radical (unpaired) electrons. The Kier molecular flexibility index (Phi) is 5.49. The first-order valence-electron chi connectivity index (χ1n) is 4.95. The highest BCUT2D eigenvalue weighted by atomic mass is 35.5. The van der Waals surface area contributed by atoms with Crippen molar-refractivity contribution in [3.05, 3.63) is 28.8 Å². The van der Waals surface area contributed by atoms with E-state index >= 15 is 0 Å². The molecule has 0 bridgehead atoms. The summed E-state index contributed by atoms with van der Waals surface area (Å²) in [6, 6.07) is 4.76. The maximum absolute atomic E-state index is 11.6. The lowest BCUT2D eigenvalue weighted by atomic mass is 10.2. The van der Waals surface area contributed by atoms with Gasteiger partial charge in [-0.15, -0.1) is 0 Å². The zero-order chi connectivity index (χ0) is 12.0. The van der Waals surface area contributed by atoms with Crippen LogP contribution in [-0.4, -0.2) is 24.1 Å². The molecule has 0 unspecified atom stereocenters. The van der Waals surface area contributed by atoms with Gasteiger partial charge in [0.15, 0.2) is 0 Å². The van der Waals surface area contributed by atoms with E-state index in [0.717, 1.165) is 11.5 Å². The van der Waals surface area contributed by atoms with E-state index in [2.05, 4.69) is 6.92 Å². The molecule has 0 aliphatic heterocycles. The number of benzene rings is 1. The third-order valence-electron chi connectivity index (χ3n) is 1.90. The minimum Gasteiger partial charge on any atom is -0.461 e. The Bertz CT molecular complexity index is 371. The first-order valence-corrected chi connectivity index (χ1v) is 6.48. The van der Waals surface area contributed by atoms with Crippen LogP contribution in [-0.2, 0) is 4.74 Å². The van der Waals surface area contributed by atoms with Crippen LogP contribution in [0.5, 0.6) is 0 Å². The molecular formula is C11H14ClNO2S. The summed E-state index contributed by atoms with van der Waals surface area (Å²) < 4.78 is 5.07. The van der Waals surface area contributed by atoms with Crippen LogP contribution >= 0.6 is 23.4 Å². The molecule has 0 aromatic heterocycles. The van der Waals surface area contributed by atoms with Crippen LogP contribution in [0.25, 0.3) is 0 Å². The second-order valence-corrected chi connectivity index (χ2v) is 4.89. The van der Waals surface area contributed by atoms with Crippen molar-refractivity contribution in [3.8, 4) is 0 Å². The van der Waals surface area contributed by atoms with E-state index in [0.29, 0.717) is 22.9 Å². The largest absolute Gasteiger partial charge is 0.461 e. The Morgan fingerprint density at radius 1 is 1.56 bits per heavy atom. The molecule has 0 aliphatic rings. The zero-order valence-electron chi connectivity index (χ0n) is 9.03.